The first-order valence-electron chi connectivity index (χ1n) is 8.44. The van der Waals surface area contributed by atoms with Crippen molar-refractivity contribution in [2.75, 3.05) is 38.2 Å². The normalized spacial score (nSPS) is 15.9. The summed E-state index contributed by atoms with van der Waals surface area (Å²) in [7, 11) is 0. The van der Waals surface area contributed by atoms with Crippen molar-refractivity contribution in [1.82, 2.24) is 10.2 Å². The van der Waals surface area contributed by atoms with Crippen molar-refractivity contribution in [3.05, 3.63) is 52.2 Å². The van der Waals surface area contributed by atoms with E-state index in [-0.39, 0.29) is 18.3 Å². The molecule has 1 aromatic carbocycles. The average Bonchev–Trinajstić information content (AvgIpc) is 3.20. The Hall–Kier alpha value is -2.36. The highest BCUT2D eigenvalue weighted by molar-refractivity contribution is 7.10. The molecule has 1 aliphatic rings. The number of hydrogen-bond acceptors (Lipinski definition) is 5. The van der Waals surface area contributed by atoms with E-state index in [2.05, 4.69) is 15.5 Å². The van der Waals surface area contributed by atoms with E-state index in [0.717, 1.165) is 36.2 Å². The minimum atomic E-state index is -1.05. The number of ether oxygens (including phenoxy) is 1. The zero-order chi connectivity index (χ0) is 19.2. The molecule has 2 N–H and O–H groups in total. The Morgan fingerprint density at radius 2 is 1.96 bits per heavy atom. The van der Waals surface area contributed by atoms with Gasteiger partial charge in [0.15, 0.2) is 0 Å². The summed E-state index contributed by atoms with van der Waals surface area (Å²) in [5.41, 5.74) is -0.377. The fourth-order valence-electron chi connectivity index (χ4n) is 2.82. The van der Waals surface area contributed by atoms with Crippen LogP contribution in [0.25, 0.3) is 0 Å². The maximum atomic E-state index is 13.6. The summed E-state index contributed by atoms with van der Waals surface area (Å²) in [6.45, 7) is 2.88. The largest absolute Gasteiger partial charge is 0.379 e. The minimum absolute atomic E-state index is 0.0865. The molecule has 0 spiro atoms. The number of anilines is 1. The molecule has 2 amide bonds. The highest BCUT2D eigenvalue weighted by atomic mass is 32.1. The number of nitrogens with zero attached hydrogens (tertiary/aromatic N) is 1. The number of morpholine rings is 1. The highest BCUT2D eigenvalue weighted by Gasteiger charge is 2.25. The second-order valence-electron chi connectivity index (χ2n) is 5.97. The Morgan fingerprint density at radius 1 is 1.19 bits per heavy atom. The van der Waals surface area contributed by atoms with Gasteiger partial charge in [-0.25, -0.2) is 8.78 Å². The van der Waals surface area contributed by atoms with Crippen LogP contribution >= 0.6 is 11.3 Å². The molecule has 9 heteroatoms. The summed E-state index contributed by atoms with van der Waals surface area (Å²) in [4.78, 5) is 27.4. The number of halogens is 2. The van der Waals surface area contributed by atoms with E-state index in [1.807, 2.05) is 17.5 Å². The SMILES string of the molecule is O=C(NCC(c1cccs1)N1CCOCC1)C(=O)Nc1cc(F)ccc1F. The Kier molecular flexibility index (Phi) is 6.49. The monoisotopic (exact) mass is 395 g/mol. The molecule has 2 heterocycles. The van der Waals surface area contributed by atoms with Crippen LogP contribution in [-0.2, 0) is 14.3 Å². The van der Waals surface area contributed by atoms with E-state index >= 15 is 0 Å². The quantitative estimate of drug-likeness (QED) is 0.762. The van der Waals surface area contributed by atoms with Gasteiger partial charge in [0, 0.05) is 30.6 Å². The van der Waals surface area contributed by atoms with Crippen LogP contribution in [0.3, 0.4) is 0 Å². The highest BCUT2D eigenvalue weighted by Crippen LogP contribution is 2.25. The number of carbonyl (C=O) groups is 2. The van der Waals surface area contributed by atoms with Crippen molar-refractivity contribution >= 4 is 28.8 Å². The van der Waals surface area contributed by atoms with Crippen LogP contribution in [-0.4, -0.2) is 49.6 Å². The van der Waals surface area contributed by atoms with Crippen molar-refractivity contribution in [3.8, 4) is 0 Å². The first-order valence-corrected chi connectivity index (χ1v) is 9.32. The third-order valence-electron chi connectivity index (χ3n) is 4.20. The summed E-state index contributed by atoms with van der Waals surface area (Å²) in [5.74, 6) is -3.49. The molecule has 144 valence electrons. The molecule has 1 fully saturated rings. The Balaban J connectivity index is 1.61. The number of amides is 2. The fraction of sp³-hybridized carbons (Fsp3) is 0.333. The smallest absolute Gasteiger partial charge is 0.313 e. The summed E-state index contributed by atoms with van der Waals surface area (Å²) in [5, 5.41) is 6.62. The van der Waals surface area contributed by atoms with Gasteiger partial charge in [-0.05, 0) is 23.6 Å². The van der Waals surface area contributed by atoms with Crippen LogP contribution < -0.4 is 10.6 Å². The molecule has 0 saturated carbocycles. The number of benzene rings is 1. The van der Waals surface area contributed by atoms with E-state index in [9.17, 15) is 18.4 Å². The number of rotatable bonds is 5. The summed E-state index contributed by atoms with van der Waals surface area (Å²) < 4.78 is 32.2. The standard InChI is InChI=1S/C18H19F2N3O3S/c19-12-3-4-13(20)14(10-12)22-18(25)17(24)21-11-15(16-2-1-9-27-16)23-5-7-26-8-6-23/h1-4,9-10,15H,5-8,11H2,(H,21,24)(H,22,25). The van der Waals surface area contributed by atoms with E-state index in [1.165, 1.54) is 0 Å². The lowest BCUT2D eigenvalue weighted by Gasteiger charge is -2.34. The second-order valence-corrected chi connectivity index (χ2v) is 6.95. The van der Waals surface area contributed by atoms with Crippen molar-refractivity contribution in [1.29, 1.82) is 0 Å². The predicted molar refractivity (Wildman–Crippen MR) is 97.4 cm³/mol. The van der Waals surface area contributed by atoms with Crippen molar-refractivity contribution in [2.45, 2.75) is 6.04 Å². The van der Waals surface area contributed by atoms with Gasteiger partial charge in [-0.1, -0.05) is 6.07 Å². The molecule has 2 aromatic rings. The van der Waals surface area contributed by atoms with E-state index in [1.54, 1.807) is 11.3 Å². The summed E-state index contributed by atoms with van der Waals surface area (Å²) >= 11 is 1.57. The molecule has 6 nitrogen and oxygen atoms in total. The molecule has 1 aromatic heterocycles. The molecular weight excluding hydrogens is 376 g/mol. The molecule has 0 aliphatic carbocycles. The van der Waals surface area contributed by atoms with Gasteiger partial charge in [0.2, 0.25) is 0 Å². The first-order chi connectivity index (χ1) is 13.0. The van der Waals surface area contributed by atoms with E-state index in [4.69, 9.17) is 4.74 Å². The van der Waals surface area contributed by atoms with Crippen LogP contribution in [0.1, 0.15) is 10.9 Å². The van der Waals surface area contributed by atoms with Crippen molar-refractivity contribution in [2.24, 2.45) is 0 Å². The molecule has 0 radical (unpaired) electrons. The average molecular weight is 395 g/mol. The molecule has 0 bridgehead atoms. The third-order valence-corrected chi connectivity index (χ3v) is 5.17. The minimum Gasteiger partial charge on any atom is -0.379 e. The topological polar surface area (TPSA) is 70.7 Å². The van der Waals surface area contributed by atoms with Gasteiger partial charge < -0.3 is 15.4 Å². The maximum absolute atomic E-state index is 13.6. The zero-order valence-corrected chi connectivity index (χ0v) is 15.2. The van der Waals surface area contributed by atoms with E-state index in [0.29, 0.717) is 13.2 Å². The van der Waals surface area contributed by atoms with Gasteiger partial charge in [0.25, 0.3) is 0 Å². The molecule has 1 unspecified atom stereocenters. The number of nitrogens with one attached hydrogen (secondary N) is 2. The molecule has 1 atom stereocenters. The predicted octanol–water partition coefficient (Wildman–Crippen LogP) is 2.15. The molecule has 1 saturated heterocycles. The lowest BCUT2D eigenvalue weighted by molar-refractivity contribution is -0.136. The molecule has 1 aliphatic heterocycles. The maximum Gasteiger partial charge on any atom is 0.313 e. The Morgan fingerprint density at radius 3 is 2.67 bits per heavy atom. The molecule has 3 rings (SSSR count). The van der Waals surface area contributed by atoms with Gasteiger partial charge in [-0.2, -0.15) is 0 Å². The molecule has 27 heavy (non-hydrogen) atoms. The fourth-order valence-corrected chi connectivity index (χ4v) is 3.68. The zero-order valence-electron chi connectivity index (χ0n) is 14.4. The number of carbonyl (C=O) groups excluding carboxylic acids is 2. The number of thiophene rings is 1. The lowest BCUT2D eigenvalue weighted by atomic mass is 10.2. The van der Waals surface area contributed by atoms with Gasteiger partial charge in [-0.3, -0.25) is 14.5 Å². The van der Waals surface area contributed by atoms with E-state index < -0.39 is 23.4 Å². The van der Waals surface area contributed by atoms with Crippen LogP contribution in [0.4, 0.5) is 14.5 Å². The number of hydrogen-bond donors (Lipinski definition) is 2. The van der Waals surface area contributed by atoms with Crippen LogP contribution in [0, 0.1) is 11.6 Å². The van der Waals surface area contributed by atoms with Crippen LogP contribution in [0.5, 0.6) is 0 Å². The Bertz CT molecular complexity index is 795. The van der Waals surface area contributed by atoms with Crippen LogP contribution in [0.2, 0.25) is 0 Å². The van der Waals surface area contributed by atoms with Gasteiger partial charge in [-0.15, -0.1) is 11.3 Å². The summed E-state index contributed by atoms with van der Waals surface area (Å²) in [6.07, 6.45) is 0. The molecular formula is C18H19F2N3O3S. The van der Waals surface area contributed by atoms with Crippen molar-refractivity contribution in [3.63, 3.8) is 0 Å². The Labute approximate surface area is 159 Å². The first kappa shape index (κ1) is 19.4. The van der Waals surface area contributed by atoms with Gasteiger partial charge >= 0.3 is 11.8 Å². The van der Waals surface area contributed by atoms with Gasteiger partial charge in [0.1, 0.15) is 11.6 Å². The summed E-state index contributed by atoms with van der Waals surface area (Å²) in [6, 6.07) is 6.44. The second kappa shape index (κ2) is 9.03. The lowest BCUT2D eigenvalue weighted by Crippen LogP contribution is -2.45. The van der Waals surface area contributed by atoms with Crippen molar-refractivity contribution < 1.29 is 23.1 Å². The van der Waals surface area contributed by atoms with Crippen LogP contribution in [0.15, 0.2) is 35.7 Å². The third kappa shape index (κ3) is 5.09. The van der Waals surface area contributed by atoms with Gasteiger partial charge in [0.05, 0.1) is 24.9 Å².